The molecule has 0 bridgehead atoms. The third kappa shape index (κ3) is 3.38. The van der Waals surface area contributed by atoms with E-state index in [4.69, 9.17) is 0 Å². The molecule has 1 unspecified atom stereocenters. The number of allylic oxidation sites excluding steroid dienone is 1. The van der Waals surface area contributed by atoms with E-state index in [0.29, 0.717) is 43.0 Å². The van der Waals surface area contributed by atoms with Crippen molar-refractivity contribution < 1.29 is 14.4 Å². The molecule has 3 amide bonds. The lowest BCUT2D eigenvalue weighted by Crippen LogP contribution is -2.53. The van der Waals surface area contributed by atoms with E-state index in [1.54, 1.807) is 11.9 Å². The summed E-state index contributed by atoms with van der Waals surface area (Å²) in [6, 6.07) is -0.164. The number of nitrogens with zero attached hydrogens (tertiary/aromatic N) is 2. The molecule has 31 heavy (non-hydrogen) atoms. The molecule has 3 fully saturated rings. The predicted molar refractivity (Wildman–Crippen MR) is 121 cm³/mol. The summed E-state index contributed by atoms with van der Waals surface area (Å²) in [7, 11) is 1.67. The Morgan fingerprint density at radius 2 is 1.71 bits per heavy atom. The highest BCUT2D eigenvalue weighted by molar-refractivity contribution is 5.95. The number of urea groups is 1. The standard InChI is InChI=1S/C26H40N2O3/c1-6-28(7-2)24(31)27(5)23(30)22-11-10-20-19-9-8-17-16-18(29)12-14-25(17,3)21(19)13-15-26(20,22)4/h16,19-22H,6-15H2,1-5H3/t19-,20-,21+,22?,25-,26-/m0/s1. The van der Waals surface area contributed by atoms with Crippen LogP contribution in [0.3, 0.4) is 0 Å². The van der Waals surface area contributed by atoms with Gasteiger partial charge in [-0.2, -0.15) is 0 Å². The minimum Gasteiger partial charge on any atom is -0.325 e. The highest BCUT2D eigenvalue weighted by atomic mass is 16.2. The molecular formula is C26H40N2O3. The highest BCUT2D eigenvalue weighted by Gasteiger charge is 2.60. The largest absolute Gasteiger partial charge is 0.326 e. The van der Waals surface area contributed by atoms with Gasteiger partial charge in [0.1, 0.15) is 0 Å². The van der Waals surface area contributed by atoms with E-state index in [1.807, 2.05) is 19.9 Å². The Balaban J connectivity index is 1.55. The Bertz CT molecular complexity index is 800. The molecule has 0 N–H and O–H groups in total. The molecule has 4 aliphatic rings. The molecule has 0 spiro atoms. The van der Waals surface area contributed by atoms with Crippen LogP contribution in [0, 0.1) is 34.5 Å². The van der Waals surface area contributed by atoms with Crippen LogP contribution in [-0.2, 0) is 9.59 Å². The number of imide groups is 1. The SMILES string of the molecule is CCN(CC)C(=O)N(C)C(=O)C1CC[C@H]2[C@@H]3CCC4=CC(=O)CC[C@]4(C)[C@@H]3CC[C@]12C. The topological polar surface area (TPSA) is 57.7 Å². The Labute approximate surface area is 187 Å². The van der Waals surface area contributed by atoms with Gasteiger partial charge < -0.3 is 4.90 Å². The van der Waals surface area contributed by atoms with Gasteiger partial charge in [-0.3, -0.25) is 14.5 Å². The molecule has 0 radical (unpaired) electrons. The molecule has 4 rings (SSSR count). The molecular weight excluding hydrogens is 388 g/mol. The van der Waals surface area contributed by atoms with Crippen LogP contribution in [0.4, 0.5) is 4.79 Å². The normalized spacial score (nSPS) is 39.1. The van der Waals surface area contributed by atoms with Crippen molar-refractivity contribution in [1.82, 2.24) is 9.80 Å². The zero-order valence-corrected chi connectivity index (χ0v) is 20.1. The van der Waals surface area contributed by atoms with Crippen molar-refractivity contribution in [1.29, 1.82) is 0 Å². The van der Waals surface area contributed by atoms with Crippen molar-refractivity contribution in [2.75, 3.05) is 20.1 Å². The van der Waals surface area contributed by atoms with Gasteiger partial charge in [0, 0.05) is 32.5 Å². The van der Waals surface area contributed by atoms with Crippen LogP contribution in [0.1, 0.15) is 79.1 Å². The van der Waals surface area contributed by atoms with Gasteiger partial charge in [-0.05, 0) is 93.5 Å². The van der Waals surface area contributed by atoms with Gasteiger partial charge in [-0.15, -0.1) is 0 Å². The quantitative estimate of drug-likeness (QED) is 0.632. The average molecular weight is 429 g/mol. The first-order valence-electron chi connectivity index (χ1n) is 12.5. The molecule has 0 heterocycles. The number of carbonyl (C=O) groups excluding carboxylic acids is 3. The molecule has 0 saturated heterocycles. The Morgan fingerprint density at radius 3 is 2.39 bits per heavy atom. The second-order valence-corrected chi connectivity index (χ2v) is 11.0. The fraction of sp³-hybridized carbons (Fsp3) is 0.808. The predicted octanol–water partition coefficient (Wildman–Crippen LogP) is 5.05. The van der Waals surface area contributed by atoms with E-state index in [9.17, 15) is 14.4 Å². The average Bonchev–Trinajstić information content (AvgIpc) is 3.11. The van der Waals surface area contributed by atoms with Crippen LogP contribution < -0.4 is 0 Å². The maximum Gasteiger partial charge on any atom is 0.326 e. The number of carbonyl (C=O) groups is 3. The van der Waals surface area contributed by atoms with Crippen LogP contribution >= 0.6 is 0 Å². The first-order chi connectivity index (χ1) is 14.7. The second kappa shape index (κ2) is 8.04. The molecule has 3 saturated carbocycles. The van der Waals surface area contributed by atoms with Gasteiger partial charge in [0.15, 0.2) is 5.78 Å². The molecule has 5 heteroatoms. The Morgan fingerprint density at radius 1 is 1.00 bits per heavy atom. The van der Waals surface area contributed by atoms with Gasteiger partial charge in [0.25, 0.3) is 0 Å². The van der Waals surface area contributed by atoms with E-state index in [-0.39, 0.29) is 28.7 Å². The Kier molecular flexibility index (Phi) is 5.85. The molecule has 4 aliphatic carbocycles. The number of ketones is 1. The van der Waals surface area contributed by atoms with E-state index >= 15 is 0 Å². The number of rotatable bonds is 3. The summed E-state index contributed by atoms with van der Waals surface area (Å²) in [5.74, 6) is 2.08. The van der Waals surface area contributed by atoms with Crippen LogP contribution in [-0.4, -0.2) is 47.7 Å². The third-order valence-electron chi connectivity index (χ3n) is 9.91. The number of hydrogen-bond acceptors (Lipinski definition) is 3. The van der Waals surface area contributed by atoms with Crippen molar-refractivity contribution in [3.8, 4) is 0 Å². The summed E-state index contributed by atoms with van der Waals surface area (Å²) in [6.07, 6.45) is 10.0. The lowest BCUT2D eigenvalue weighted by atomic mass is 9.47. The number of fused-ring (bicyclic) bond motifs is 5. The van der Waals surface area contributed by atoms with Gasteiger partial charge in [-0.1, -0.05) is 19.4 Å². The van der Waals surface area contributed by atoms with Crippen molar-refractivity contribution in [3.05, 3.63) is 11.6 Å². The van der Waals surface area contributed by atoms with Gasteiger partial charge in [0.2, 0.25) is 5.91 Å². The van der Waals surface area contributed by atoms with Crippen LogP contribution in [0.5, 0.6) is 0 Å². The summed E-state index contributed by atoms with van der Waals surface area (Å²) >= 11 is 0. The molecule has 5 nitrogen and oxygen atoms in total. The lowest BCUT2D eigenvalue weighted by Gasteiger charge is -2.58. The van der Waals surface area contributed by atoms with Gasteiger partial charge >= 0.3 is 6.03 Å². The van der Waals surface area contributed by atoms with Crippen molar-refractivity contribution in [3.63, 3.8) is 0 Å². The number of amides is 3. The van der Waals surface area contributed by atoms with Gasteiger partial charge in [-0.25, -0.2) is 4.79 Å². The molecule has 0 aromatic carbocycles. The summed E-state index contributed by atoms with van der Waals surface area (Å²) in [6.45, 7) is 9.89. The van der Waals surface area contributed by atoms with Crippen molar-refractivity contribution >= 4 is 17.7 Å². The maximum absolute atomic E-state index is 13.5. The lowest BCUT2D eigenvalue weighted by molar-refractivity contribution is -0.139. The van der Waals surface area contributed by atoms with E-state index in [0.717, 1.165) is 44.9 Å². The minimum atomic E-state index is -0.164. The maximum atomic E-state index is 13.5. The molecule has 0 aliphatic heterocycles. The van der Waals surface area contributed by atoms with Crippen LogP contribution in [0.2, 0.25) is 0 Å². The Hall–Kier alpha value is -1.65. The zero-order chi connectivity index (χ0) is 22.6. The first-order valence-corrected chi connectivity index (χ1v) is 12.5. The number of hydrogen-bond donors (Lipinski definition) is 0. The van der Waals surface area contributed by atoms with Crippen LogP contribution in [0.15, 0.2) is 11.6 Å². The smallest absolute Gasteiger partial charge is 0.325 e. The van der Waals surface area contributed by atoms with Crippen LogP contribution in [0.25, 0.3) is 0 Å². The van der Waals surface area contributed by atoms with E-state index in [1.165, 1.54) is 10.5 Å². The monoisotopic (exact) mass is 428 g/mol. The fourth-order valence-corrected chi connectivity index (χ4v) is 8.00. The molecule has 172 valence electrons. The van der Waals surface area contributed by atoms with Gasteiger partial charge in [0.05, 0.1) is 0 Å². The fourth-order valence-electron chi connectivity index (χ4n) is 8.00. The van der Waals surface area contributed by atoms with Crippen molar-refractivity contribution in [2.45, 2.75) is 79.1 Å². The molecule has 0 aromatic heterocycles. The summed E-state index contributed by atoms with van der Waals surface area (Å²) in [4.78, 5) is 41.5. The minimum absolute atomic E-state index is 0.0158. The first kappa shape index (κ1) is 22.5. The molecule has 6 atom stereocenters. The van der Waals surface area contributed by atoms with E-state index in [2.05, 4.69) is 13.8 Å². The second-order valence-electron chi connectivity index (χ2n) is 11.0. The summed E-state index contributed by atoms with van der Waals surface area (Å²) < 4.78 is 0. The summed E-state index contributed by atoms with van der Waals surface area (Å²) in [5.41, 5.74) is 1.54. The highest BCUT2D eigenvalue weighted by Crippen LogP contribution is 2.66. The zero-order valence-electron chi connectivity index (χ0n) is 20.1. The summed E-state index contributed by atoms with van der Waals surface area (Å²) in [5, 5.41) is 0. The molecule has 0 aromatic rings. The van der Waals surface area contributed by atoms with Crippen molar-refractivity contribution in [2.24, 2.45) is 34.5 Å². The third-order valence-corrected chi connectivity index (χ3v) is 9.91. The van der Waals surface area contributed by atoms with E-state index < -0.39 is 0 Å².